The molecule has 0 saturated heterocycles. The van der Waals surface area contributed by atoms with Crippen LogP contribution in [0.3, 0.4) is 0 Å². The van der Waals surface area contributed by atoms with Crippen LogP contribution in [0.25, 0.3) is 67.0 Å². The maximum absolute atomic E-state index is 13.9. The molecule has 0 saturated carbocycles. The Morgan fingerprint density at radius 2 is 1.12 bits per heavy atom. The summed E-state index contributed by atoms with van der Waals surface area (Å²) >= 11 is 0. The number of para-hydroxylation sites is 3. The lowest BCUT2D eigenvalue weighted by Crippen LogP contribution is -2.29. The Bertz CT molecular complexity index is 3030. The number of fused-ring (bicyclic) bond motifs is 6. The van der Waals surface area contributed by atoms with Gasteiger partial charge in [-0.1, -0.05) is 91.0 Å². The molecule has 0 N–H and O–H groups in total. The molecule has 0 spiro atoms. The first-order chi connectivity index (χ1) is 28.6. The summed E-state index contributed by atoms with van der Waals surface area (Å²) in [6.45, 7) is 0. The number of rotatable bonds is 6. The summed E-state index contributed by atoms with van der Waals surface area (Å²) in [5, 5.41) is 2.46. The molecule has 7 aromatic carbocycles. The minimum Gasteiger partial charge on any atom is -0.333 e. The van der Waals surface area contributed by atoms with Crippen LogP contribution in [0.2, 0.25) is 0 Å². The summed E-state index contributed by atoms with van der Waals surface area (Å²) in [6, 6.07) is 57.5. The van der Waals surface area contributed by atoms with Gasteiger partial charge in [-0.05, 0) is 120 Å². The van der Waals surface area contributed by atoms with E-state index in [1.54, 1.807) is 24.3 Å². The average Bonchev–Trinajstić information content (AvgIpc) is 3.79. The smallest absolute Gasteiger partial charge is 0.160 e. The van der Waals surface area contributed by atoms with E-state index in [4.69, 9.17) is 9.97 Å². The molecular formula is C52H34F2N4. The van der Waals surface area contributed by atoms with Crippen molar-refractivity contribution in [1.29, 1.82) is 0 Å². The van der Waals surface area contributed by atoms with E-state index < -0.39 is 0 Å². The summed E-state index contributed by atoms with van der Waals surface area (Å²) in [6.07, 6.45) is 7.03. The Balaban J connectivity index is 0.976. The van der Waals surface area contributed by atoms with E-state index in [1.807, 2.05) is 18.2 Å². The van der Waals surface area contributed by atoms with E-state index in [9.17, 15) is 8.78 Å². The number of nitrogens with zero attached hydrogens (tertiary/aromatic N) is 4. The largest absolute Gasteiger partial charge is 0.333 e. The summed E-state index contributed by atoms with van der Waals surface area (Å²) in [5.41, 5.74) is 13.0. The van der Waals surface area contributed by atoms with E-state index in [-0.39, 0.29) is 23.6 Å². The number of halogens is 2. The second kappa shape index (κ2) is 13.6. The molecule has 6 heteroatoms. The van der Waals surface area contributed by atoms with Gasteiger partial charge < -0.3 is 9.47 Å². The maximum Gasteiger partial charge on any atom is 0.160 e. The lowest BCUT2D eigenvalue weighted by Gasteiger charge is -2.30. The van der Waals surface area contributed by atoms with Gasteiger partial charge in [-0.15, -0.1) is 0 Å². The van der Waals surface area contributed by atoms with Crippen molar-refractivity contribution < 1.29 is 8.78 Å². The van der Waals surface area contributed by atoms with Crippen molar-refractivity contribution >= 4 is 38.8 Å². The topological polar surface area (TPSA) is 34.0 Å². The van der Waals surface area contributed by atoms with Gasteiger partial charge in [-0.2, -0.15) is 0 Å². The van der Waals surface area contributed by atoms with Crippen molar-refractivity contribution in [3.8, 4) is 39.6 Å². The SMILES string of the molecule is Fc1ccc(-c2cc(-c3ccc(F)cc3)nc(-c3cccc(N4c5ccccc5C5C=C(c6ccc7c(c6)c6ccccc6n7-c6ccccc6)C=CC54)c3)n2)cc1. The predicted octanol–water partition coefficient (Wildman–Crippen LogP) is 13.1. The van der Waals surface area contributed by atoms with Gasteiger partial charge in [-0.3, -0.25) is 0 Å². The third kappa shape index (κ3) is 5.72. The number of aromatic nitrogens is 3. The van der Waals surface area contributed by atoms with Crippen LogP contribution in [0.15, 0.2) is 194 Å². The van der Waals surface area contributed by atoms with Gasteiger partial charge in [-0.25, -0.2) is 18.7 Å². The first kappa shape index (κ1) is 33.9. The normalized spacial score (nSPS) is 15.8. The van der Waals surface area contributed by atoms with Gasteiger partial charge in [0.1, 0.15) is 11.6 Å². The fourth-order valence-corrected chi connectivity index (χ4v) is 8.76. The molecule has 2 atom stereocenters. The molecule has 276 valence electrons. The molecule has 2 aliphatic rings. The standard InChI is InChI=1S/C52H34F2N4/c53-38-23-17-33(18-24-38)46-32-47(34-19-25-39(54)26-20-34)56-52(55-46)37-9-8-12-41(29-37)58-49-16-7-5-14-43(49)45-31-36(22-28-51(45)58)35-21-27-50-44(30-35)42-13-4-6-15-48(42)57(50)40-10-2-1-3-11-40/h1-32,45,51H. The van der Waals surface area contributed by atoms with Crippen molar-refractivity contribution in [1.82, 2.24) is 14.5 Å². The van der Waals surface area contributed by atoms with Crippen LogP contribution in [-0.4, -0.2) is 20.6 Å². The Hall–Kier alpha value is -7.44. The number of hydrogen-bond acceptors (Lipinski definition) is 3. The van der Waals surface area contributed by atoms with Gasteiger partial charge in [0.05, 0.1) is 28.5 Å². The lowest BCUT2D eigenvalue weighted by molar-refractivity contribution is 0.627. The number of allylic oxidation sites excluding steroid dienone is 2. The molecular weight excluding hydrogens is 719 g/mol. The molecule has 1 aliphatic carbocycles. The van der Waals surface area contributed by atoms with Gasteiger partial charge in [0.15, 0.2) is 5.82 Å². The van der Waals surface area contributed by atoms with Crippen LogP contribution in [0.4, 0.5) is 20.2 Å². The molecule has 3 heterocycles. The Labute approximate surface area is 334 Å². The molecule has 9 aromatic rings. The Kier molecular flexibility index (Phi) is 7.96. The molecule has 4 nitrogen and oxygen atoms in total. The van der Waals surface area contributed by atoms with Crippen LogP contribution in [0.1, 0.15) is 17.0 Å². The molecule has 0 radical (unpaired) electrons. The highest BCUT2D eigenvalue weighted by atomic mass is 19.1. The first-order valence-corrected chi connectivity index (χ1v) is 19.4. The van der Waals surface area contributed by atoms with E-state index in [2.05, 4.69) is 137 Å². The van der Waals surface area contributed by atoms with Crippen LogP contribution < -0.4 is 4.90 Å². The first-order valence-electron chi connectivity index (χ1n) is 19.4. The fraction of sp³-hybridized carbons (Fsp3) is 0.0385. The minimum atomic E-state index is -0.319. The van der Waals surface area contributed by atoms with Gasteiger partial charge >= 0.3 is 0 Å². The van der Waals surface area contributed by atoms with Crippen LogP contribution in [0.5, 0.6) is 0 Å². The molecule has 0 fully saturated rings. The maximum atomic E-state index is 13.9. The van der Waals surface area contributed by atoms with Crippen LogP contribution in [0, 0.1) is 11.6 Å². The average molecular weight is 753 g/mol. The number of anilines is 2. The van der Waals surface area contributed by atoms with Crippen molar-refractivity contribution in [2.24, 2.45) is 0 Å². The summed E-state index contributed by atoms with van der Waals surface area (Å²) in [4.78, 5) is 12.4. The molecule has 2 aromatic heterocycles. The minimum absolute atomic E-state index is 0.0568. The van der Waals surface area contributed by atoms with Crippen molar-refractivity contribution in [2.75, 3.05) is 4.90 Å². The summed E-state index contributed by atoms with van der Waals surface area (Å²) in [5.74, 6) is 0.0167. The zero-order valence-electron chi connectivity index (χ0n) is 31.2. The van der Waals surface area contributed by atoms with Crippen molar-refractivity contribution in [3.05, 3.63) is 217 Å². The Morgan fingerprint density at radius 1 is 0.483 bits per heavy atom. The fourth-order valence-electron chi connectivity index (χ4n) is 8.76. The highest BCUT2D eigenvalue weighted by molar-refractivity contribution is 6.10. The molecule has 0 amide bonds. The van der Waals surface area contributed by atoms with Crippen molar-refractivity contribution in [3.63, 3.8) is 0 Å². The monoisotopic (exact) mass is 752 g/mol. The molecule has 58 heavy (non-hydrogen) atoms. The number of hydrogen-bond donors (Lipinski definition) is 0. The number of benzene rings is 7. The predicted molar refractivity (Wildman–Crippen MR) is 231 cm³/mol. The van der Waals surface area contributed by atoms with E-state index in [0.717, 1.165) is 33.8 Å². The molecule has 11 rings (SSSR count). The third-order valence-electron chi connectivity index (χ3n) is 11.5. The van der Waals surface area contributed by atoms with Crippen LogP contribution >= 0.6 is 0 Å². The summed E-state index contributed by atoms with van der Waals surface area (Å²) < 4.78 is 30.2. The van der Waals surface area contributed by atoms with Crippen molar-refractivity contribution in [2.45, 2.75) is 12.0 Å². The van der Waals surface area contributed by atoms with Gasteiger partial charge in [0.2, 0.25) is 0 Å². The quantitative estimate of drug-likeness (QED) is 0.170. The van der Waals surface area contributed by atoms with Gasteiger partial charge in [0, 0.05) is 50.4 Å². The lowest BCUT2D eigenvalue weighted by atomic mass is 9.86. The highest BCUT2D eigenvalue weighted by Crippen LogP contribution is 2.50. The van der Waals surface area contributed by atoms with E-state index in [1.165, 1.54) is 62.8 Å². The zero-order chi connectivity index (χ0) is 38.7. The second-order valence-electron chi connectivity index (χ2n) is 14.9. The van der Waals surface area contributed by atoms with Gasteiger partial charge in [0.25, 0.3) is 0 Å². The molecule has 1 aliphatic heterocycles. The Morgan fingerprint density at radius 3 is 1.88 bits per heavy atom. The molecule has 2 unspecified atom stereocenters. The molecule has 0 bridgehead atoms. The van der Waals surface area contributed by atoms with Crippen LogP contribution in [-0.2, 0) is 0 Å². The van der Waals surface area contributed by atoms with E-state index >= 15 is 0 Å². The second-order valence-corrected chi connectivity index (χ2v) is 14.9. The zero-order valence-corrected chi connectivity index (χ0v) is 31.2. The van der Waals surface area contributed by atoms with E-state index in [0.29, 0.717) is 17.2 Å². The highest BCUT2D eigenvalue weighted by Gasteiger charge is 2.38. The third-order valence-corrected chi connectivity index (χ3v) is 11.5. The summed E-state index contributed by atoms with van der Waals surface area (Å²) in [7, 11) is 0.